The molecule has 0 saturated heterocycles. The fraction of sp³-hybridized carbons (Fsp3) is 0.222. The molecule has 0 fully saturated rings. The topological polar surface area (TPSA) is 23.9 Å². The highest BCUT2D eigenvalue weighted by molar-refractivity contribution is 5.96. The summed E-state index contributed by atoms with van der Waals surface area (Å²) in [6.45, 7) is 1.02. The predicted molar refractivity (Wildman–Crippen MR) is 43.9 cm³/mol. The summed E-state index contributed by atoms with van der Waals surface area (Å²) < 4.78 is 62.7. The van der Waals surface area contributed by atoms with Crippen LogP contribution < -0.4 is 0 Å². The number of hydrogen-bond acceptors (Lipinski definition) is 1. The van der Waals surface area contributed by atoms with Crippen molar-refractivity contribution in [3.63, 3.8) is 0 Å². The standard InChI is InChI=1S/C9H6F5N/c1-4(15)7-6(10)3-2-5(8(7)11)9(12,13)14/h2-3,15H,1H3. The van der Waals surface area contributed by atoms with E-state index in [1.54, 1.807) is 0 Å². The number of benzene rings is 1. The van der Waals surface area contributed by atoms with Crippen molar-refractivity contribution in [2.75, 3.05) is 0 Å². The highest BCUT2D eigenvalue weighted by Gasteiger charge is 2.36. The predicted octanol–water partition coefficient (Wildman–Crippen LogP) is 3.37. The van der Waals surface area contributed by atoms with Gasteiger partial charge in [0.05, 0.1) is 11.1 Å². The Bertz CT molecular complexity index is 408. The first-order chi connectivity index (χ1) is 6.75. The van der Waals surface area contributed by atoms with Crippen LogP contribution in [0.4, 0.5) is 22.0 Å². The van der Waals surface area contributed by atoms with Gasteiger partial charge in [0.2, 0.25) is 0 Å². The molecule has 0 radical (unpaired) electrons. The molecule has 0 aliphatic rings. The zero-order valence-electron chi connectivity index (χ0n) is 7.54. The summed E-state index contributed by atoms with van der Waals surface area (Å²) in [5.41, 5.74) is -3.09. The monoisotopic (exact) mass is 223 g/mol. The molecule has 0 bridgehead atoms. The van der Waals surface area contributed by atoms with Crippen molar-refractivity contribution in [2.45, 2.75) is 13.1 Å². The zero-order valence-corrected chi connectivity index (χ0v) is 7.54. The van der Waals surface area contributed by atoms with Crippen LogP contribution in [0.15, 0.2) is 12.1 Å². The maximum atomic E-state index is 13.2. The SMILES string of the molecule is CC(=N)c1c(F)ccc(C(F)(F)F)c1F. The van der Waals surface area contributed by atoms with E-state index < -0.39 is 34.6 Å². The summed E-state index contributed by atoms with van der Waals surface area (Å²) >= 11 is 0. The normalized spacial score (nSPS) is 11.6. The smallest absolute Gasteiger partial charge is 0.305 e. The van der Waals surface area contributed by atoms with Crippen molar-refractivity contribution in [3.8, 4) is 0 Å². The molecule has 0 saturated carbocycles. The van der Waals surface area contributed by atoms with Crippen LogP contribution in [0.25, 0.3) is 0 Å². The average Bonchev–Trinajstić information content (AvgIpc) is 2.00. The third-order valence-corrected chi connectivity index (χ3v) is 1.77. The first-order valence-corrected chi connectivity index (χ1v) is 3.86. The van der Waals surface area contributed by atoms with Crippen molar-refractivity contribution in [1.29, 1.82) is 5.41 Å². The van der Waals surface area contributed by atoms with Gasteiger partial charge in [0, 0.05) is 5.71 Å². The number of hydrogen-bond donors (Lipinski definition) is 1. The molecule has 82 valence electrons. The van der Waals surface area contributed by atoms with Crippen molar-refractivity contribution in [1.82, 2.24) is 0 Å². The molecule has 0 aliphatic heterocycles. The minimum atomic E-state index is -4.89. The third-order valence-electron chi connectivity index (χ3n) is 1.77. The lowest BCUT2D eigenvalue weighted by atomic mass is 10.1. The van der Waals surface area contributed by atoms with Crippen LogP contribution in [0.1, 0.15) is 18.1 Å². The molecule has 0 aromatic heterocycles. The van der Waals surface area contributed by atoms with Gasteiger partial charge in [-0.15, -0.1) is 0 Å². The van der Waals surface area contributed by atoms with Crippen LogP contribution >= 0.6 is 0 Å². The van der Waals surface area contributed by atoms with E-state index in [2.05, 4.69) is 0 Å². The molecule has 1 aromatic carbocycles. The third kappa shape index (κ3) is 2.14. The Labute approximate surface area is 82.0 Å². The molecule has 6 heteroatoms. The van der Waals surface area contributed by atoms with Crippen LogP contribution in [0.5, 0.6) is 0 Å². The number of alkyl halides is 3. The van der Waals surface area contributed by atoms with E-state index in [-0.39, 0.29) is 0 Å². The molecule has 0 amide bonds. The molecule has 15 heavy (non-hydrogen) atoms. The van der Waals surface area contributed by atoms with Crippen molar-refractivity contribution in [2.24, 2.45) is 0 Å². The molecular formula is C9H6F5N. The van der Waals surface area contributed by atoms with E-state index in [1.807, 2.05) is 0 Å². The van der Waals surface area contributed by atoms with Gasteiger partial charge < -0.3 is 5.41 Å². The Morgan fingerprint density at radius 1 is 1.20 bits per heavy atom. The molecular weight excluding hydrogens is 217 g/mol. The van der Waals surface area contributed by atoms with Crippen LogP contribution in [0.2, 0.25) is 0 Å². The van der Waals surface area contributed by atoms with Crippen molar-refractivity contribution < 1.29 is 22.0 Å². The van der Waals surface area contributed by atoms with Gasteiger partial charge in [-0.25, -0.2) is 8.78 Å². The van der Waals surface area contributed by atoms with Gasteiger partial charge in [0.15, 0.2) is 0 Å². The average molecular weight is 223 g/mol. The fourth-order valence-electron chi connectivity index (χ4n) is 1.12. The first-order valence-electron chi connectivity index (χ1n) is 3.86. The summed E-state index contributed by atoms with van der Waals surface area (Å²) in [4.78, 5) is 0. The van der Waals surface area contributed by atoms with E-state index in [4.69, 9.17) is 5.41 Å². The maximum Gasteiger partial charge on any atom is 0.419 e. The second-order valence-electron chi connectivity index (χ2n) is 2.91. The lowest BCUT2D eigenvalue weighted by molar-refractivity contribution is -0.140. The molecule has 0 atom stereocenters. The highest BCUT2D eigenvalue weighted by atomic mass is 19.4. The van der Waals surface area contributed by atoms with Crippen LogP contribution in [0, 0.1) is 17.0 Å². The molecule has 1 N–H and O–H groups in total. The van der Waals surface area contributed by atoms with Gasteiger partial charge in [0.25, 0.3) is 0 Å². The van der Waals surface area contributed by atoms with E-state index in [0.717, 1.165) is 6.92 Å². The highest BCUT2D eigenvalue weighted by Crippen LogP contribution is 2.33. The second-order valence-corrected chi connectivity index (χ2v) is 2.91. The fourth-order valence-corrected chi connectivity index (χ4v) is 1.12. The summed E-state index contributed by atoms with van der Waals surface area (Å²) in [6, 6.07) is 0.816. The lowest BCUT2D eigenvalue weighted by Crippen LogP contribution is -2.13. The van der Waals surface area contributed by atoms with Gasteiger partial charge >= 0.3 is 6.18 Å². The maximum absolute atomic E-state index is 13.2. The minimum absolute atomic E-state index is 0.317. The largest absolute Gasteiger partial charge is 0.419 e. The summed E-state index contributed by atoms with van der Waals surface area (Å²) in [6.07, 6.45) is -4.89. The summed E-state index contributed by atoms with van der Waals surface area (Å²) in [7, 11) is 0. The molecule has 1 nitrogen and oxygen atoms in total. The quantitative estimate of drug-likeness (QED) is 0.557. The van der Waals surface area contributed by atoms with Gasteiger partial charge in [-0.05, 0) is 19.1 Å². The lowest BCUT2D eigenvalue weighted by Gasteiger charge is -2.11. The zero-order chi connectivity index (χ0) is 11.8. The van der Waals surface area contributed by atoms with E-state index in [0.29, 0.717) is 12.1 Å². The van der Waals surface area contributed by atoms with Crippen LogP contribution in [-0.4, -0.2) is 5.71 Å². The molecule has 0 unspecified atom stereocenters. The van der Waals surface area contributed by atoms with Crippen molar-refractivity contribution >= 4 is 5.71 Å². The number of halogens is 5. The van der Waals surface area contributed by atoms with Crippen LogP contribution in [0.3, 0.4) is 0 Å². The summed E-state index contributed by atoms with van der Waals surface area (Å²) in [5, 5.41) is 6.97. The summed E-state index contributed by atoms with van der Waals surface area (Å²) in [5.74, 6) is -2.91. The second kappa shape index (κ2) is 3.60. The Morgan fingerprint density at radius 2 is 1.73 bits per heavy atom. The first kappa shape index (κ1) is 11.6. The Hall–Kier alpha value is -1.46. The molecule has 0 heterocycles. The van der Waals surface area contributed by atoms with Crippen LogP contribution in [-0.2, 0) is 6.18 Å². The van der Waals surface area contributed by atoms with Gasteiger partial charge in [-0.2, -0.15) is 13.2 Å². The Morgan fingerprint density at radius 3 is 2.13 bits per heavy atom. The van der Waals surface area contributed by atoms with Gasteiger partial charge in [-0.3, -0.25) is 0 Å². The van der Waals surface area contributed by atoms with Gasteiger partial charge in [0.1, 0.15) is 11.6 Å². The molecule has 0 spiro atoms. The Kier molecular flexibility index (Phi) is 2.79. The minimum Gasteiger partial charge on any atom is -0.305 e. The molecule has 1 aromatic rings. The van der Waals surface area contributed by atoms with Gasteiger partial charge in [-0.1, -0.05) is 0 Å². The Balaban J connectivity index is 3.49. The molecule has 0 aliphatic carbocycles. The van der Waals surface area contributed by atoms with E-state index in [9.17, 15) is 22.0 Å². The number of rotatable bonds is 1. The van der Waals surface area contributed by atoms with Crippen molar-refractivity contribution in [3.05, 3.63) is 34.9 Å². The van der Waals surface area contributed by atoms with E-state index >= 15 is 0 Å². The van der Waals surface area contributed by atoms with E-state index in [1.165, 1.54) is 0 Å². The number of nitrogens with one attached hydrogen (secondary N) is 1. The molecule has 1 rings (SSSR count).